The molecule has 4 heteroatoms. The molecule has 0 unspecified atom stereocenters. The quantitative estimate of drug-likeness (QED) is 0.457. The van der Waals surface area contributed by atoms with Crippen LogP contribution in [0.1, 0.15) is 30.0 Å². The van der Waals surface area contributed by atoms with E-state index >= 15 is 0 Å². The number of benzene rings is 1. The second-order valence-corrected chi connectivity index (χ2v) is 4.90. The molecule has 0 fully saturated rings. The third kappa shape index (κ3) is 6.06. The van der Waals surface area contributed by atoms with E-state index in [9.17, 15) is 0 Å². The van der Waals surface area contributed by atoms with Gasteiger partial charge in [0.1, 0.15) is 0 Å². The summed E-state index contributed by atoms with van der Waals surface area (Å²) in [5.41, 5.74) is 3.86. The lowest BCUT2D eigenvalue weighted by Gasteiger charge is -2.11. The van der Waals surface area contributed by atoms with E-state index in [0.717, 1.165) is 32.1 Å². The molecule has 0 spiro atoms. The molecule has 1 aromatic carbocycles. The molecule has 0 aliphatic rings. The van der Waals surface area contributed by atoms with Gasteiger partial charge in [0.15, 0.2) is 5.96 Å². The second kappa shape index (κ2) is 9.37. The van der Waals surface area contributed by atoms with Crippen LogP contribution >= 0.6 is 0 Å². The summed E-state index contributed by atoms with van der Waals surface area (Å²) in [7, 11) is 1.72. The fraction of sp³-hybridized carbons (Fsp3) is 0.562. The summed E-state index contributed by atoms with van der Waals surface area (Å²) < 4.78 is 5.04. The zero-order valence-corrected chi connectivity index (χ0v) is 13.1. The monoisotopic (exact) mass is 277 g/mol. The number of nitrogens with one attached hydrogen (secondary N) is 2. The highest BCUT2D eigenvalue weighted by atomic mass is 16.5. The molecule has 112 valence electrons. The molecule has 0 aromatic heterocycles. The maximum atomic E-state index is 5.04. The number of aryl methyl sites for hydroxylation is 2. The predicted octanol–water partition coefficient (Wildman–Crippen LogP) is 2.40. The summed E-state index contributed by atoms with van der Waals surface area (Å²) in [6, 6.07) is 6.49. The number of ether oxygens (including phenoxy) is 1. The molecular formula is C16H27N3O. The largest absolute Gasteiger partial charge is 0.385 e. The average molecular weight is 277 g/mol. The van der Waals surface area contributed by atoms with E-state index < -0.39 is 0 Å². The Morgan fingerprint density at radius 2 is 2.05 bits per heavy atom. The molecule has 0 radical (unpaired) electrons. The second-order valence-electron chi connectivity index (χ2n) is 4.90. The molecule has 2 N–H and O–H groups in total. The molecule has 1 rings (SSSR count). The zero-order valence-electron chi connectivity index (χ0n) is 13.1. The van der Waals surface area contributed by atoms with Crippen LogP contribution in [0.5, 0.6) is 0 Å². The Morgan fingerprint density at radius 3 is 2.70 bits per heavy atom. The van der Waals surface area contributed by atoms with Gasteiger partial charge in [-0.2, -0.15) is 0 Å². The van der Waals surface area contributed by atoms with E-state index in [1.165, 1.54) is 16.7 Å². The molecule has 0 bridgehead atoms. The Labute approximate surface area is 122 Å². The summed E-state index contributed by atoms with van der Waals surface area (Å²) in [6.07, 6.45) is 0.977. The first-order valence-electron chi connectivity index (χ1n) is 7.24. The number of nitrogens with zero attached hydrogens (tertiary/aromatic N) is 1. The summed E-state index contributed by atoms with van der Waals surface area (Å²) in [5, 5.41) is 6.57. The number of hydrogen-bond acceptors (Lipinski definition) is 2. The van der Waals surface area contributed by atoms with Crippen molar-refractivity contribution in [3.05, 3.63) is 34.9 Å². The molecule has 4 nitrogen and oxygen atoms in total. The molecule has 0 saturated heterocycles. The molecule has 0 amide bonds. The summed E-state index contributed by atoms with van der Waals surface area (Å²) in [5.74, 6) is 0.864. The molecule has 1 aromatic rings. The van der Waals surface area contributed by atoms with Crippen molar-refractivity contribution in [3.8, 4) is 0 Å². The lowest BCUT2D eigenvalue weighted by atomic mass is 10.1. The van der Waals surface area contributed by atoms with Crippen LogP contribution in [0.4, 0.5) is 0 Å². The average Bonchev–Trinajstić information content (AvgIpc) is 2.42. The maximum absolute atomic E-state index is 5.04. The third-order valence-corrected chi connectivity index (χ3v) is 3.07. The van der Waals surface area contributed by atoms with Crippen molar-refractivity contribution >= 4 is 5.96 Å². The summed E-state index contributed by atoms with van der Waals surface area (Å²) in [4.78, 5) is 4.63. The van der Waals surface area contributed by atoms with Crippen molar-refractivity contribution < 1.29 is 4.74 Å². The third-order valence-electron chi connectivity index (χ3n) is 3.07. The van der Waals surface area contributed by atoms with Crippen LogP contribution in [-0.4, -0.2) is 32.8 Å². The lowest BCUT2D eigenvalue weighted by molar-refractivity contribution is 0.195. The van der Waals surface area contributed by atoms with Crippen LogP contribution in [0.25, 0.3) is 0 Å². The molecule has 0 atom stereocenters. The van der Waals surface area contributed by atoms with E-state index in [2.05, 4.69) is 54.6 Å². The van der Waals surface area contributed by atoms with Crippen molar-refractivity contribution in [2.45, 2.75) is 33.7 Å². The Balaban J connectivity index is 2.56. The summed E-state index contributed by atoms with van der Waals surface area (Å²) in [6.45, 7) is 9.52. The minimum Gasteiger partial charge on any atom is -0.385 e. The highest BCUT2D eigenvalue weighted by molar-refractivity contribution is 5.79. The SMILES string of the molecule is CCNC(=NCc1ccc(C)cc1C)NCCCOC. The molecule has 20 heavy (non-hydrogen) atoms. The molecule has 0 heterocycles. The molecule has 0 saturated carbocycles. The Bertz CT molecular complexity index is 430. The standard InChI is InChI=1S/C16H27N3O/c1-5-17-16(18-9-6-10-20-4)19-12-15-8-7-13(2)11-14(15)3/h7-8,11H,5-6,9-10,12H2,1-4H3,(H2,17,18,19). The van der Waals surface area contributed by atoms with Gasteiger partial charge in [0.25, 0.3) is 0 Å². The van der Waals surface area contributed by atoms with Crippen molar-refractivity contribution in [3.63, 3.8) is 0 Å². The number of hydrogen-bond donors (Lipinski definition) is 2. The Morgan fingerprint density at radius 1 is 1.25 bits per heavy atom. The Hall–Kier alpha value is -1.55. The van der Waals surface area contributed by atoms with Gasteiger partial charge in [-0.05, 0) is 38.3 Å². The van der Waals surface area contributed by atoms with Crippen LogP contribution in [-0.2, 0) is 11.3 Å². The molecule has 0 aliphatic carbocycles. The predicted molar refractivity (Wildman–Crippen MR) is 85.2 cm³/mol. The fourth-order valence-electron chi connectivity index (χ4n) is 1.95. The summed E-state index contributed by atoms with van der Waals surface area (Å²) >= 11 is 0. The van der Waals surface area contributed by atoms with E-state index in [0.29, 0.717) is 6.54 Å². The maximum Gasteiger partial charge on any atom is 0.191 e. The minimum absolute atomic E-state index is 0.700. The highest BCUT2D eigenvalue weighted by Crippen LogP contribution is 2.11. The minimum atomic E-state index is 0.700. The van der Waals surface area contributed by atoms with Gasteiger partial charge in [-0.3, -0.25) is 0 Å². The van der Waals surface area contributed by atoms with Crippen molar-refractivity contribution in [1.82, 2.24) is 10.6 Å². The van der Waals surface area contributed by atoms with Gasteiger partial charge < -0.3 is 15.4 Å². The van der Waals surface area contributed by atoms with Gasteiger partial charge in [0, 0.05) is 26.8 Å². The zero-order chi connectivity index (χ0) is 14.8. The fourth-order valence-corrected chi connectivity index (χ4v) is 1.95. The van der Waals surface area contributed by atoms with E-state index in [1.54, 1.807) is 7.11 Å². The molecular weight excluding hydrogens is 250 g/mol. The first-order chi connectivity index (χ1) is 9.67. The molecule has 0 aliphatic heterocycles. The van der Waals surface area contributed by atoms with Gasteiger partial charge >= 0.3 is 0 Å². The van der Waals surface area contributed by atoms with Gasteiger partial charge in [-0.15, -0.1) is 0 Å². The van der Waals surface area contributed by atoms with E-state index in [4.69, 9.17) is 4.74 Å². The van der Waals surface area contributed by atoms with Gasteiger partial charge in [-0.1, -0.05) is 23.8 Å². The van der Waals surface area contributed by atoms with E-state index in [-0.39, 0.29) is 0 Å². The number of guanidine groups is 1. The topological polar surface area (TPSA) is 45.7 Å². The number of aliphatic imine (C=N–C) groups is 1. The normalized spacial score (nSPS) is 11.5. The number of rotatable bonds is 7. The Kier molecular flexibility index (Phi) is 7.73. The van der Waals surface area contributed by atoms with Crippen molar-refractivity contribution in [2.24, 2.45) is 4.99 Å². The smallest absolute Gasteiger partial charge is 0.191 e. The van der Waals surface area contributed by atoms with Gasteiger partial charge in [0.2, 0.25) is 0 Å². The first kappa shape index (κ1) is 16.5. The van der Waals surface area contributed by atoms with Crippen LogP contribution in [0.3, 0.4) is 0 Å². The number of methoxy groups -OCH3 is 1. The highest BCUT2D eigenvalue weighted by Gasteiger charge is 2.00. The van der Waals surface area contributed by atoms with Crippen LogP contribution in [0.15, 0.2) is 23.2 Å². The van der Waals surface area contributed by atoms with Gasteiger partial charge in [0.05, 0.1) is 6.54 Å². The van der Waals surface area contributed by atoms with Crippen LogP contribution < -0.4 is 10.6 Å². The van der Waals surface area contributed by atoms with Crippen LogP contribution in [0, 0.1) is 13.8 Å². The van der Waals surface area contributed by atoms with Crippen molar-refractivity contribution in [1.29, 1.82) is 0 Å². The lowest BCUT2D eigenvalue weighted by Crippen LogP contribution is -2.38. The van der Waals surface area contributed by atoms with E-state index in [1.807, 2.05) is 0 Å². The van der Waals surface area contributed by atoms with Crippen molar-refractivity contribution in [2.75, 3.05) is 26.8 Å². The first-order valence-corrected chi connectivity index (χ1v) is 7.24. The van der Waals surface area contributed by atoms with Crippen LogP contribution in [0.2, 0.25) is 0 Å². The van der Waals surface area contributed by atoms with Gasteiger partial charge in [-0.25, -0.2) is 4.99 Å².